The van der Waals surface area contributed by atoms with Crippen molar-refractivity contribution >= 4 is 29.6 Å². The third-order valence-electron chi connectivity index (χ3n) is 4.71. The number of H-pyrrole nitrogens is 2. The average Bonchev–Trinajstić information content (AvgIpc) is 3.46. The van der Waals surface area contributed by atoms with E-state index < -0.39 is 60.2 Å². The Bertz CT molecular complexity index is 992. The lowest BCUT2D eigenvalue weighted by molar-refractivity contribution is -0.142. The molecule has 4 atom stereocenters. The molecule has 0 aromatic carbocycles. The molecule has 15 nitrogen and oxygen atoms in total. The van der Waals surface area contributed by atoms with Gasteiger partial charge in [0.1, 0.15) is 18.1 Å². The van der Waals surface area contributed by atoms with Crippen molar-refractivity contribution in [1.82, 2.24) is 35.9 Å². The molecule has 2 heterocycles. The Morgan fingerprint density at radius 3 is 1.94 bits per heavy atom. The lowest BCUT2D eigenvalue weighted by Crippen LogP contribution is -2.58. The van der Waals surface area contributed by atoms with Gasteiger partial charge in [0.15, 0.2) is 0 Å². The Labute approximate surface area is 193 Å². The van der Waals surface area contributed by atoms with E-state index >= 15 is 0 Å². The Kier molecular flexibility index (Phi) is 9.25. The van der Waals surface area contributed by atoms with Crippen LogP contribution in [0.3, 0.4) is 0 Å². The van der Waals surface area contributed by atoms with Gasteiger partial charge in [-0.05, 0) is 6.92 Å². The Hall–Kier alpha value is -4.27. The molecule has 0 radical (unpaired) electrons. The number of aliphatic carboxylic acids is 1. The molecule has 0 spiro atoms. The summed E-state index contributed by atoms with van der Waals surface area (Å²) in [6.45, 7) is 1.26. The summed E-state index contributed by atoms with van der Waals surface area (Å²) in [5.74, 6) is -4.56. The van der Waals surface area contributed by atoms with Crippen LogP contribution in [0.1, 0.15) is 24.7 Å². The molecule has 0 saturated heterocycles. The first kappa shape index (κ1) is 26.0. The second kappa shape index (κ2) is 12.1. The van der Waals surface area contributed by atoms with E-state index in [0.29, 0.717) is 11.4 Å². The van der Waals surface area contributed by atoms with Crippen molar-refractivity contribution in [2.24, 2.45) is 11.5 Å². The van der Waals surface area contributed by atoms with Crippen LogP contribution < -0.4 is 27.4 Å². The minimum atomic E-state index is -1.42. The number of hydrogen-bond donors (Lipinski definition) is 8. The lowest BCUT2D eigenvalue weighted by Gasteiger charge is -2.24. The highest BCUT2D eigenvalue weighted by Gasteiger charge is 2.30. The Balaban J connectivity index is 2.12. The SMILES string of the molecule is CC(NC(=O)C(Cc1cnc[nH]1)NC(=O)C(CC(N)=O)NC(=O)C(N)Cc1cnc[nH]1)C(=O)O. The number of nitrogens with zero attached hydrogens (tertiary/aromatic N) is 2. The number of carbonyl (C=O) groups is 5. The quantitative estimate of drug-likeness (QED) is 0.143. The number of carboxylic acids is 1. The minimum absolute atomic E-state index is 0.0690. The maximum absolute atomic E-state index is 12.9. The van der Waals surface area contributed by atoms with Gasteiger partial charge in [0.25, 0.3) is 0 Å². The third-order valence-corrected chi connectivity index (χ3v) is 4.71. The van der Waals surface area contributed by atoms with Gasteiger partial charge in [-0.3, -0.25) is 24.0 Å². The van der Waals surface area contributed by atoms with Crippen LogP contribution in [0.25, 0.3) is 0 Å². The van der Waals surface area contributed by atoms with Gasteiger partial charge < -0.3 is 42.5 Å². The first-order valence-corrected chi connectivity index (χ1v) is 10.2. The van der Waals surface area contributed by atoms with Crippen LogP contribution in [0.15, 0.2) is 25.0 Å². The molecule has 0 aliphatic rings. The van der Waals surface area contributed by atoms with Crippen LogP contribution in [0.5, 0.6) is 0 Å². The lowest BCUT2D eigenvalue weighted by atomic mass is 10.1. The van der Waals surface area contributed by atoms with Gasteiger partial charge in [0.2, 0.25) is 23.6 Å². The molecule has 15 heteroatoms. The van der Waals surface area contributed by atoms with E-state index in [9.17, 15) is 24.0 Å². The summed E-state index contributed by atoms with van der Waals surface area (Å²) in [6, 6.07) is -4.97. The highest BCUT2D eigenvalue weighted by atomic mass is 16.4. The molecule has 0 bridgehead atoms. The molecular formula is C19H27N9O6. The standard InChI is InChI=1S/C19H27N9O6/c1-9(19(33)34)26-17(31)13(3-11-6-23-8-25-11)28-18(32)14(4-15(21)29)27-16(30)12(20)2-10-5-22-7-24-10/h5-9,12-14H,2-4,20H2,1H3,(H2,21,29)(H,22,24)(H,23,25)(H,26,31)(H,27,30)(H,28,32)(H,33,34). The van der Waals surface area contributed by atoms with Crippen LogP contribution in [0, 0.1) is 0 Å². The Morgan fingerprint density at radius 1 is 0.912 bits per heavy atom. The zero-order valence-corrected chi connectivity index (χ0v) is 18.3. The topological polar surface area (TPSA) is 251 Å². The molecule has 4 unspecified atom stereocenters. The number of nitrogens with two attached hydrogens (primary N) is 2. The minimum Gasteiger partial charge on any atom is -0.480 e. The summed E-state index contributed by atoms with van der Waals surface area (Å²) in [5, 5.41) is 16.1. The van der Waals surface area contributed by atoms with Gasteiger partial charge in [0.05, 0.1) is 25.1 Å². The van der Waals surface area contributed by atoms with Gasteiger partial charge >= 0.3 is 5.97 Å². The van der Waals surface area contributed by atoms with E-state index in [1.165, 1.54) is 32.0 Å². The number of aromatic nitrogens is 4. The number of imidazole rings is 2. The first-order chi connectivity index (χ1) is 16.1. The monoisotopic (exact) mass is 477 g/mol. The first-order valence-electron chi connectivity index (χ1n) is 10.2. The number of nitrogens with one attached hydrogen (secondary N) is 5. The summed E-state index contributed by atoms with van der Waals surface area (Å²) in [7, 11) is 0. The smallest absolute Gasteiger partial charge is 0.325 e. The van der Waals surface area contributed by atoms with E-state index in [4.69, 9.17) is 16.6 Å². The van der Waals surface area contributed by atoms with E-state index in [0.717, 1.165) is 0 Å². The summed E-state index contributed by atoms with van der Waals surface area (Å²) in [4.78, 5) is 73.9. The zero-order chi connectivity index (χ0) is 25.3. The molecular weight excluding hydrogens is 450 g/mol. The summed E-state index contributed by atoms with van der Waals surface area (Å²) >= 11 is 0. The van der Waals surface area contributed by atoms with Crippen molar-refractivity contribution in [3.8, 4) is 0 Å². The molecule has 0 fully saturated rings. The van der Waals surface area contributed by atoms with Crippen molar-refractivity contribution in [3.63, 3.8) is 0 Å². The summed E-state index contributed by atoms with van der Waals surface area (Å²) < 4.78 is 0. The van der Waals surface area contributed by atoms with E-state index in [-0.39, 0.29) is 12.8 Å². The fourth-order valence-electron chi connectivity index (χ4n) is 2.89. The van der Waals surface area contributed by atoms with Crippen LogP contribution >= 0.6 is 0 Å². The number of carbonyl (C=O) groups excluding carboxylic acids is 4. The molecule has 2 aromatic rings. The maximum atomic E-state index is 12.9. The maximum Gasteiger partial charge on any atom is 0.325 e. The molecule has 34 heavy (non-hydrogen) atoms. The molecule has 0 saturated carbocycles. The molecule has 10 N–H and O–H groups in total. The summed E-state index contributed by atoms with van der Waals surface area (Å²) in [5.41, 5.74) is 12.1. The van der Waals surface area contributed by atoms with Crippen LogP contribution in [-0.4, -0.2) is 78.8 Å². The van der Waals surface area contributed by atoms with Crippen LogP contribution in [-0.2, 0) is 36.8 Å². The fourth-order valence-corrected chi connectivity index (χ4v) is 2.89. The van der Waals surface area contributed by atoms with Gasteiger partial charge in [-0.2, -0.15) is 0 Å². The predicted molar refractivity (Wildman–Crippen MR) is 115 cm³/mol. The predicted octanol–water partition coefficient (Wildman–Crippen LogP) is -3.32. The summed E-state index contributed by atoms with van der Waals surface area (Å²) in [6.07, 6.45) is 5.15. The van der Waals surface area contributed by atoms with Crippen molar-refractivity contribution in [1.29, 1.82) is 0 Å². The highest BCUT2D eigenvalue weighted by molar-refractivity contribution is 5.96. The van der Waals surface area contributed by atoms with Crippen molar-refractivity contribution in [2.75, 3.05) is 0 Å². The fraction of sp³-hybridized carbons (Fsp3) is 0.421. The van der Waals surface area contributed by atoms with E-state index in [2.05, 4.69) is 35.9 Å². The van der Waals surface area contributed by atoms with Crippen molar-refractivity contribution < 1.29 is 29.1 Å². The highest BCUT2D eigenvalue weighted by Crippen LogP contribution is 2.03. The molecule has 2 rings (SSSR count). The van der Waals surface area contributed by atoms with Gasteiger partial charge in [0, 0.05) is 36.6 Å². The van der Waals surface area contributed by atoms with Crippen LogP contribution in [0.2, 0.25) is 0 Å². The normalized spacial score (nSPS) is 14.3. The number of carboxylic acid groups (broad SMARTS) is 1. The largest absolute Gasteiger partial charge is 0.480 e. The number of hydrogen-bond acceptors (Lipinski definition) is 8. The van der Waals surface area contributed by atoms with Crippen LogP contribution in [0.4, 0.5) is 0 Å². The number of aromatic amines is 2. The third kappa shape index (κ3) is 8.01. The van der Waals surface area contributed by atoms with E-state index in [1.807, 2.05) is 0 Å². The number of amides is 4. The number of rotatable bonds is 13. The zero-order valence-electron chi connectivity index (χ0n) is 18.3. The second-order valence-corrected chi connectivity index (χ2v) is 7.53. The average molecular weight is 477 g/mol. The van der Waals surface area contributed by atoms with Gasteiger partial charge in [-0.25, -0.2) is 9.97 Å². The van der Waals surface area contributed by atoms with Gasteiger partial charge in [-0.1, -0.05) is 0 Å². The molecule has 4 amide bonds. The van der Waals surface area contributed by atoms with Crippen molar-refractivity contribution in [2.45, 2.75) is 50.4 Å². The van der Waals surface area contributed by atoms with Gasteiger partial charge in [-0.15, -0.1) is 0 Å². The molecule has 184 valence electrons. The molecule has 0 aliphatic heterocycles. The second-order valence-electron chi connectivity index (χ2n) is 7.53. The molecule has 2 aromatic heterocycles. The van der Waals surface area contributed by atoms with Crippen molar-refractivity contribution in [3.05, 3.63) is 36.4 Å². The Morgan fingerprint density at radius 2 is 1.44 bits per heavy atom. The van der Waals surface area contributed by atoms with E-state index in [1.54, 1.807) is 0 Å². The number of primary amides is 1. The molecule has 0 aliphatic carbocycles.